The quantitative estimate of drug-likeness (QED) is 0.0124. The van der Waals surface area contributed by atoms with E-state index in [9.17, 15) is 86.8 Å². The highest BCUT2D eigenvalue weighted by molar-refractivity contribution is 5.98. The molecule has 37 nitrogen and oxygen atoms in total. The zero-order valence-electron chi connectivity index (χ0n) is 81.6. The molecule has 137 heavy (non-hydrogen) atoms. The molecule has 4 heterocycles. The summed E-state index contributed by atoms with van der Waals surface area (Å²) in [5, 5.41) is 201. The van der Waals surface area contributed by atoms with Crippen LogP contribution in [0.3, 0.4) is 0 Å². The van der Waals surface area contributed by atoms with E-state index in [4.69, 9.17) is 30.0 Å². The van der Waals surface area contributed by atoms with Crippen molar-refractivity contribution in [3.05, 3.63) is 144 Å². The molecule has 37 heteroatoms. The Labute approximate surface area is 799 Å². The molecule has 0 saturated carbocycles. The maximum atomic E-state index is 12.8. The predicted molar refractivity (Wildman–Crippen MR) is 553 cm³/mol. The number of hydrogen-bond donors (Lipinski definition) is 21. The third-order valence-electron chi connectivity index (χ3n) is 23.2. The van der Waals surface area contributed by atoms with Gasteiger partial charge in [-0.25, -0.2) is 74.9 Å². The van der Waals surface area contributed by atoms with Crippen LogP contribution in [-0.4, -0.2) is 306 Å². The Bertz CT molecular complexity index is 5780. The average molecular weight is 1900 g/mol. The molecular formula is C100H142N20O17. The molecule has 4 aromatic carbocycles. The number of aliphatic imine (C=N–C) groups is 16. The van der Waals surface area contributed by atoms with E-state index < -0.39 is 197 Å². The van der Waals surface area contributed by atoms with Gasteiger partial charge < -0.3 is 107 Å². The highest BCUT2D eigenvalue weighted by Gasteiger charge is 2.35. The number of H-pyrrole nitrogens is 4. The van der Waals surface area contributed by atoms with Gasteiger partial charge in [-0.05, 0) is 133 Å². The topological polar surface area (TPSA) is 605 Å². The first kappa shape index (κ1) is 109. The third-order valence-corrected chi connectivity index (χ3v) is 23.2. The van der Waals surface area contributed by atoms with Crippen molar-refractivity contribution in [2.24, 2.45) is 127 Å². The minimum Gasteiger partial charge on any atom is -0.499 e. The molecule has 15 atom stereocenters. The molecule has 8 rings (SSSR count). The van der Waals surface area contributed by atoms with Crippen molar-refractivity contribution in [3.8, 4) is 0 Å². The fourth-order valence-electron chi connectivity index (χ4n) is 15.6. The standard InChI is InChI=1S/C100H142N20O17/c1-19-59(16)86(107-51-122)97(134)106-50-82(123)108-60(17)87(124)110-74(38-52(2)3)90(127)109-61(18)88(125)118-84(57(12)13)99(136)120-85(58(14)15)100(137)119-83(56(10)11)98(135)117-81(45-65-49-105-73-35-27-23-31-69(65)73)96(133)113-77(41-55(8)9)93(130)116-80(44-64-48-104-72-34-26-22-30-68(64)72)95(132)112-76(40-54(6)7)92(129)115-79(43-63-47-103-71-33-25-21-29-67(63)71)94(131)111-75(39-53(4)5)91(128)114-78(89(126)101-36-37-121)42-62-46-102-70-32-24-20-28-66(62)70/h20-35,46-49,51-61,74-81,83-86,102-105,121H,19,36-45,50H2,1-18H3,(H,101,126)(H,106,134)(H,107,122)(H,108,123)(H,109,127)(H,110,124)(H,111,131)(H,112,132)(H,113,133)(H,114,128)(H,115,129)(H,116,130)(H,117,135)(H,118,125)(H,119,137)(H,120,136). The second kappa shape index (κ2) is 52.0. The minimum absolute atomic E-state index is 0.0345. The molecule has 4 aromatic heterocycles. The number of aliphatic hydroxyl groups is 17. The zero-order chi connectivity index (χ0) is 101. The van der Waals surface area contributed by atoms with Crippen LogP contribution < -0.4 is 0 Å². The van der Waals surface area contributed by atoms with Crippen molar-refractivity contribution in [1.29, 1.82) is 0 Å². The first-order valence-electron chi connectivity index (χ1n) is 46.9. The molecule has 0 aliphatic carbocycles. The van der Waals surface area contributed by atoms with Gasteiger partial charge in [0.1, 0.15) is 91.1 Å². The summed E-state index contributed by atoms with van der Waals surface area (Å²) in [5.74, 6) is -11.9. The summed E-state index contributed by atoms with van der Waals surface area (Å²) < 4.78 is 0. The number of aliphatic hydroxyl groups excluding tert-OH is 17. The van der Waals surface area contributed by atoms with E-state index in [-0.39, 0.29) is 94.1 Å². The number of aromatic amines is 4. The van der Waals surface area contributed by atoms with Gasteiger partial charge in [0.25, 0.3) is 0 Å². The Morgan fingerprint density at radius 2 is 0.555 bits per heavy atom. The molecule has 0 aliphatic rings. The molecule has 0 bridgehead atoms. The van der Waals surface area contributed by atoms with Crippen molar-refractivity contribution >= 4 is 138 Å². The number of para-hydroxylation sites is 4. The van der Waals surface area contributed by atoms with Gasteiger partial charge in [0, 0.05) is 94.1 Å². The van der Waals surface area contributed by atoms with Gasteiger partial charge in [-0.3, -0.25) is 4.99 Å². The van der Waals surface area contributed by atoms with Crippen molar-refractivity contribution in [1.82, 2.24) is 19.9 Å². The molecule has 0 amide bonds. The second-order valence-corrected chi connectivity index (χ2v) is 37.4. The smallest absolute Gasteiger partial charge is 0.207 e. The highest BCUT2D eigenvalue weighted by atomic mass is 16.3. The van der Waals surface area contributed by atoms with Crippen LogP contribution in [0.1, 0.15) is 179 Å². The number of nitrogens with zero attached hydrogens (tertiary/aromatic N) is 16. The highest BCUT2D eigenvalue weighted by Crippen LogP contribution is 2.30. The van der Waals surface area contributed by atoms with Gasteiger partial charge in [0.05, 0.1) is 13.2 Å². The molecule has 0 fully saturated rings. The number of fused-ring (bicyclic) bond motifs is 4. The number of nitrogens with one attached hydrogen (secondary N) is 4. The largest absolute Gasteiger partial charge is 0.499 e. The van der Waals surface area contributed by atoms with Gasteiger partial charge in [-0.15, -0.1) is 0 Å². The van der Waals surface area contributed by atoms with Gasteiger partial charge >= 0.3 is 0 Å². The lowest BCUT2D eigenvalue weighted by Gasteiger charge is -2.23. The first-order valence-corrected chi connectivity index (χ1v) is 46.9. The van der Waals surface area contributed by atoms with E-state index in [1.807, 2.05) is 159 Å². The van der Waals surface area contributed by atoms with Crippen molar-refractivity contribution < 1.29 is 86.8 Å². The molecule has 0 spiro atoms. The fourth-order valence-corrected chi connectivity index (χ4v) is 15.6. The van der Waals surface area contributed by atoms with E-state index in [0.29, 0.717) is 29.5 Å². The second-order valence-electron chi connectivity index (χ2n) is 37.4. The molecular weight excluding hydrogens is 1750 g/mol. The summed E-state index contributed by atoms with van der Waals surface area (Å²) in [6.07, 6.45) is 8.27. The predicted octanol–water partition coefficient (Wildman–Crippen LogP) is 18.2. The van der Waals surface area contributed by atoms with Crippen LogP contribution in [0, 0.1) is 47.3 Å². The lowest BCUT2D eigenvalue weighted by atomic mass is 10.00. The summed E-state index contributed by atoms with van der Waals surface area (Å²) in [6.45, 7) is 30.6. The Kier molecular flexibility index (Phi) is 41.3. The van der Waals surface area contributed by atoms with Gasteiger partial charge in [-0.2, -0.15) is 0 Å². The number of hydrogen-bond acceptors (Lipinski definition) is 17. The molecule has 21 N–H and O–H groups in total. The normalized spacial score (nSPS) is 17.9. The lowest BCUT2D eigenvalue weighted by molar-refractivity contribution is 0.305. The molecule has 0 aliphatic heterocycles. The van der Waals surface area contributed by atoms with Crippen LogP contribution in [0.15, 0.2) is 202 Å². The summed E-state index contributed by atoms with van der Waals surface area (Å²) in [4.78, 5) is 84.3. The van der Waals surface area contributed by atoms with Crippen LogP contribution in [0.5, 0.6) is 0 Å². The average Bonchev–Trinajstić information content (AvgIpc) is 1.64. The van der Waals surface area contributed by atoms with Crippen molar-refractivity contribution in [2.75, 3.05) is 19.7 Å². The molecule has 0 saturated heterocycles. The number of aromatic nitrogens is 4. The van der Waals surface area contributed by atoms with Crippen LogP contribution in [0.4, 0.5) is 0 Å². The van der Waals surface area contributed by atoms with Crippen LogP contribution >= 0.6 is 0 Å². The molecule has 8 aromatic rings. The number of benzene rings is 4. The maximum absolute atomic E-state index is 12.8. The Balaban J connectivity index is 1.16. The molecule has 744 valence electrons. The Morgan fingerprint density at radius 3 is 0.861 bits per heavy atom. The summed E-state index contributed by atoms with van der Waals surface area (Å²) in [6, 6.07) is 12.0. The zero-order valence-corrected chi connectivity index (χ0v) is 81.6. The summed E-state index contributed by atoms with van der Waals surface area (Å²) in [5.41, 5.74) is 5.77. The van der Waals surface area contributed by atoms with Crippen LogP contribution in [0.25, 0.3) is 43.6 Å². The minimum atomic E-state index is -1.45. The van der Waals surface area contributed by atoms with Crippen LogP contribution in [-0.2, 0) is 25.7 Å². The molecule has 0 radical (unpaired) electrons. The van der Waals surface area contributed by atoms with E-state index in [1.54, 1.807) is 73.3 Å². The van der Waals surface area contributed by atoms with Gasteiger partial charge in [0.15, 0.2) is 6.40 Å². The molecule has 15 unspecified atom stereocenters. The Hall–Kier alpha value is -13.5. The third kappa shape index (κ3) is 31.8. The van der Waals surface area contributed by atoms with Crippen LogP contribution in [0.2, 0.25) is 0 Å². The van der Waals surface area contributed by atoms with Crippen molar-refractivity contribution in [3.63, 3.8) is 0 Å². The summed E-state index contributed by atoms with van der Waals surface area (Å²) in [7, 11) is 0. The van der Waals surface area contributed by atoms with E-state index in [0.717, 1.165) is 49.2 Å². The maximum Gasteiger partial charge on any atom is 0.207 e. The van der Waals surface area contributed by atoms with Gasteiger partial charge in [0.2, 0.25) is 88.5 Å². The first-order chi connectivity index (χ1) is 65.0. The van der Waals surface area contributed by atoms with E-state index in [1.165, 1.54) is 13.8 Å². The monoisotopic (exact) mass is 1900 g/mol. The van der Waals surface area contributed by atoms with E-state index in [2.05, 4.69) is 69.9 Å². The fraction of sp³-hybridized carbons (Fsp3) is 0.520. The van der Waals surface area contributed by atoms with Gasteiger partial charge in [-0.1, -0.05) is 190 Å². The number of rotatable bonds is 53. The lowest BCUT2D eigenvalue weighted by Crippen LogP contribution is -2.35. The summed E-state index contributed by atoms with van der Waals surface area (Å²) >= 11 is 0. The van der Waals surface area contributed by atoms with E-state index >= 15 is 0 Å². The van der Waals surface area contributed by atoms with Crippen molar-refractivity contribution in [2.45, 2.75) is 267 Å². The SMILES string of the molecule is CCC(C)C(N=CO)C(O)=NCC(O)=NC(C)C(O)=NC(CC(C)C)C(O)=NC(C)C(O)=NC(C(O)=NC(C(O)=NC(C(O)=NC(Cc1c[nH]c2ccccc12)C(O)=NC(CC(C)C)C(O)=NC(Cc1c[nH]c2ccccc12)C(O)=NC(CC(C)C)C(O)=NC(Cc1c[nH]c2ccccc12)C(O)=NC(CC(C)C)C(O)=NC(Cc1c[nH]c2ccccc12)C(O)=NCCO)C(C)C)C(C)C)C(C)C. The Morgan fingerprint density at radius 1 is 0.292 bits per heavy atom.